The Morgan fingerprint density at radius 2 is 2.07 bits per heavy atom. The van der Waals surface area contributed by atoms with E-state index >= 15 is 0 Å². The second kappa shape index (κ2) is 7.22. The lowest BCUT2D eigenvalue weighted by Crippen LogP contribution is -2.16. The Kier molecular flexibility index (Phi) is 4.98. The summed E-state index contributed by atoms with van der Waals surface area (Å²) < 4.78 is 45.8. The van der Waals surface area contributed by atoms with Crippen molar-refractivity contribution in [2.75, 3.05) is 11.9 Å². The normalized spacial score (nSPS) is 11.6. The molecule has 2 heterocycles. The van der Waals surface area contributed by atoms with Crippen LogP contribution >= 0.6 is 0 Å². The van der Waals surface area contributed by atoms with Gasteiger partial charge in [0, 0.05) is 11.9 Å². The van der Waals surface area contributed by atoms with Crippen molar-refractivity contribution < 1.29 is 22.7 Å². The molecule has 27 heavy (non-hydrogen) atoms. The Bertz CT molecular complexity index is 984. The van der Waals surface area contributed by atoms with E-state index in [1.807, 2.05) is 6.92 Å². The smallest absolute Gasteiger partial charge is 0.416 e. The first kappa shape index (κ1) is 18.6. The van der Waals surface area contributed by atoms with E-state index < -0.39 is 17.6 Å². The first-order valence-electron chi connectivity index (χ1n) is 8.13. The van der Waals surface area contributed by atoms with Crippen LogP contribution in [0.25, 0.3) is 5.78 Å². The number of alkyl halides is 3. The maximum absolute atomic E-state index is 13.0. The fraction of sp³-hybridized carbons (Fsp3) is 0.294. The third kappa shape index (κ3) is 3.99. The molecule has 0 bridgehead atoms. The largest absolute Gasteiger partial charge is 0.491 e. The first-order valence-corrected chi connectivity index (χ1v) is 8.13. The zero-order chi connectivity index (χ0) is 19.6. The highest BCUT2D eigenvalue weighted by Crippen LogP contribution is 2.35. The van der Waals surface area contributed by atoms with E-state index in [1.54, 1.807) is 13.0 Å². The molecule has 0 unspecified atom stereocenters. The number of amides is 1. The SMILES string of the molecule is CCCOc1ccc(C(F)(F)F)cc1NC(=O)c1nc2nccc(C)n2n1. The molecule has 0 fully saturated rings. The van der Waals surface area contributed by atoms with Gasteiger partial charge in [0.2, 0.25) is 5.82 Å². The van der Waals surface area contributed by atoms with Gasteiger partial charge in [-0.15, -0.1) is 5.10 Å². The van der Waals surface area contributed by atoms with Crippen LogP contribution in [0.1, 0.15) is 35.2 Å². The Labute approximate surface area is 152 Å². The average molecular weight is 379 g/mol. The molecule has 0 aliphatic carbocycles. The minimum atomic E-state index is -4.55. The monoisotopic (exact) mass is 379 g/mol. The zero-order valence-electron chi connectivity index (χ0n) is 14.5. The number of hydrogen-bond donors (Lipinski definition) is 1. The second-order valence-electron chi connectivity index (χ2n) is 5.74. The molecule has 0 saturated heterocycles. The molecular formula is C17H16F3N5O2. The molecule has 3 rings (SSSR count). The number of nitrogens with zero attached hydrogens (tertiary/aromatic N) is 4. The van der Waals surface area contributed by atoms with Crippen LogP contribution in [-0.2, 0) is 6.18 Å². The van der Waals surface area contributed by atoms with Crippen LogP contribution < -0.4 is 10.1 Å². The molecule has 0 spiro atoms. The highest BCUT2D eigenvalue weighted by molar-refractivity contribution is 6.02. The number of fused-ring (bicyclic) bond motifs is 1. The highest BCUT2D eigenvalue weighted by atomic mass is 19.4. The minimum Gasteiger partial charge on any atom is -0.491 e. The van der Waals surface area contributed by atoms with E-state index in [4.69, 9.17) is 4.74 Å². The third-order valence-corrected chi connectivity index (χ3v) is 3.65. The molecule has 7 nitrogen and oxygen atoms in total. The topological polar surface area (TPSA) is 81.4 Å². The van der Waals surface area contributed by atoms with E-state index in [9.17, 15) is 18.0 Å². The van der Waals surface area contributed by atoms with E-state index in [0.717, 1.165) is 12.1 Å². The summed E-state index contributed by atoms with van der Waals surface area (Å²) in [6.45, 7) is 3.91. The van der Waals surface area contributed by atoms with Crippen molar-refractivity contribution in [3.05, 3.63) is 47.5 Å². The number of benzene rings is 1. The van der Waals surface area contributed by atoms with Crippen LogP contribution in [0.4, 0.5) is 18.9 Å². The number of aromatic nitrogens is 4. The molecule has 0 atom stereocenters. The Morgan fingerprint density at radius 1 is 1.30 bits per heavy atom. The molecule has 1 aromatic carbocycles. The zero-order valence-corrected chi connectivity index (χ0v) is 14.5. The Hall–Kier alpha value is -3.17. The van der Waals surface area contributed by atoms with Crippen LogP contribution in [0.2, 0.25) is 0 Å². The lowest BCUT2D eigenvalue weighted by molar-refractivity contribution is -0.137. The van der Waals surface area contributed by atoms with Gasteiger partial charge in [-0.3, -0.25) is 4.79 Å². The van der Waals surface area contributed by atoms with Crippen LogP contribution in [0.15, 0.2) is 30.5 Å². The van der Waals surface area contributed by atoms with Crippen LogP contribution in [-0.4, -0.2) is 32.1 Å². The number of ether oxygens (including phenoxy) is 1. The van der Waals surface area contributed by atoms with Crippen molar-refractivity contribution >= 4 is 17.4 Å². The lowest BCUT2D eigenvalue weighted by Gasteiger charge is -2.14. The Balaban J connectivity index is 1.93. The van der Waals surface area contributed by atoms with Gasteiger partial charge in [0.05, 0.1) is 17.9 Å². The van der Waals surface area contributed by atoms with E-state index in [2.05, 4.69) is 20.4 Å². The van der Waals surface area contributed by atoms with Crippen molar-refractivity contribution in [2.45, 2.75) is 26.4 Å². The fourth-order valence-electron chi connectivity index (χ4n) is 2.32. The quantitative estimate of drug-likeness (QED) is 0.734. The molecule has 142 valence electrons. The lowest BCUT2D eigenvalue weighted by atomic mass is 10.1. The van der Waals surface area contributed by atoms with Crippen molar-refractivity contribution in [2.24, 2.45) is 0 Å². The molecule has 10 heteroatoms. The summed E-state index contributed by atoms with van der Waals surface area (Å²) in [4.78, 5) is 20.5. The predicted molar refractivity (Wildman–Crippen MR) is 90.7 cm³/mol. The number of carbonyl (C=O) groups excluding carboxylic acids is 1. The molecule has 0 aliphatic rings. The standard InChI is InChI=1S/C17H16F3N5O2/c1-3-8-27-13-5-4-11(17(18,19)20)9-12(13)22-15(26)14-23-16-21-7-6-10(2)25(16)24-14/h4-7,9H,3,8H2,1-2H3,(H,22,26). The number of halogens is 3. The maximum Gasteiger partial charge on any atom is 0.416 e. The van der Waals surface area contributed by atoms with Crippen molar-refractivity contribution in [1.29, 1.82) is 0 Å². The molecule has 3 aromatic rings. The van der Waals surface area contributed by atoms with Crippen LogP contribution in [0.3, 0.4) is 0 Å². The van der Waals surface area contributed by atoms with Crippen LogP contribution in [0, 0.1) is 6.92 Å². The maximum atomic E-state index is 13.0. The van der Waals surface area contributed by atoms with Gasteiger partial charge < -0.3 is 10.1 Å². The minimum absolute atomic E-state index is 0.105. The van der Waals surface area contributed by atoms with E-state index in [-0.39, 0.29) is 23.0 Å². The van der Waals surface area contributed by atoms with Gasteiger partial charge in [0.15, 0.2) is 0 Å². The summed E-state index contributed by atoms with van der Waals surface area (Å²) in [7, 11) is 0. The van der Waals surface area contributed by atoms with Gasteiger partial charge in [-0.05, 0) is 37.6 Å². The van der Waals surface area contributed by atoms with Gasteiger partial charge in [-0.25, -0.2) is 9.50 Å². The fourth-order valence-corrected chi connectivity index (χ4v) is 2.32. The number of carbonyl (C=O) groups is 1. The summed E-state index contributed by atoms with van der Waals surface area (Å²) in [5.74, 6) is -0.626. The molecule has 1 amide bonds. The molecule has 0 aliphatic heterocycles. The summed E-state index contributed by atoms with van der Waals surface area (Å²) in [5.41, 5.74) is -0.300. The number of nitrogens with one attached hydrogen (secondary N) is 1. The van der Waals surface area contributed by atoms with Crippen LogP contribution in [0.5, 0.6) is 5.75 Å². The molecule has 0 radical (unpaired) electrons. The van der Waals surface area contributed by atoms with Gasteiger partial charge in [-0.2, -0.15) is 18.2 Å². The molecule has 1 N–H and O–H groups in total. The second-order valence-corrected chi connectivity index (χ2v) is 5.74. The third-order valence-electron chi connectivity index (χ3n) is 3.65. The Morgan fingerprint density at radius 3 is 2.74 bits per heavy atom. The summed E-state index contributed by atoms with van der Waals surface area (Å²) in [6, 6.07) is 4.59. The summed E-state index contributed by atoms with van der Waals surface area (Å²) in [5, 5.41) is 6.44. The average Bonchev–Trinajstić information content (AvgIpc) is 3.05. The summed E-state index contributed by atoms with van der Waals surface area (Å²) >= 11 is 0. The first-order chi connectivity index (χ1) is 12.8. The number of aryl methyl sites for hydroxylation is 1. The van der Waals surface area contributed by atoms with Gasteiger partial charge >= 0.3 is 6.18 Å². The molecule has 2 aromatic heterocycles. The van der Waals surface area contributed by atoms with Crippen molar-refractivity contribution in [3.63, 3.8) is 0 Å². The molecular weight excluding hydrogens is 363 g/mol. The molecule has 0 saturated carbocycles. The van der Waals surface area contributed by atoms with Gasteiger partial charge in [0.1, 0.15) is 5.75 Å². The van der Waals surface area contributed by atoms with E-state index in [1.165, 1.54) is 16.8 Å². The van der Waals surface area contributed by atoms with Gasteiger partial charge in [-0.1, -0.05) is 6.92 Å². The highest BCUT2D eigenvalue weighted by Gasteiger charge is 2.31. The number of anilines is 1. The number of hydrogen-bond acceptors (Lipinski definition) is 5. The predicted octanol–water partition coefficient (Wildman–Crippen LogP) is 3.49. The van der Waals surface area contributed by atoms with Crippen molar-refractivity contribution in [3.8, 4) is 5.75 Å². The van der Waals surface area contributed by atoms with Gasteiger partial charge in [0.25, 0.3) is 11.7 Å². The van der Waals surface area contributed by atoms with Crippen molar-refractivity contribution in [1.82, 2.24) is 19.6 Å². The summed E-state index contributed by atoms with van der Waals surface area (Å²) in [6.07, 6.45) is -2.37. The van der Waals surface area contributed by atoms with E-state index in [0.29, 0.717) is 18.7 Å². The number of rotatable bonds is 5.